The Hall–Kier alpha value is -1.79. The minimum absolute atomic E-state index is 0.413. The van der Waals surface area contributed by atoms with Crippen molar-refractivity contribution in [3.8, 4) is 11.5 Å². The molecule has 0 radical (unpaired) electrons. The third-order valence-corrected chi connectivity index (χ3v) is 2.80. The van der Waals surface area contributed by atoms with E-state index in [0.29, 0.717) is 37.0 Å². The Balaban J connectivity index is 1.93. The van der Waals surface area contributed by atoms with E-state index >= 15 is 0 Å². The van der Waals surface area contributed by atoms with Crippen molar-refractivity contribution in [3.05, 3.63) is 30.3 Å². The highest BCUT2D eigenvalue weighted by atomic mass is 16.5. The molecule has 0 aromatic carbocycles. The Bertz CT molecular complexity index is 505. The molecule has 0 aliphatic carbocycles. The molecule has 1 unspecified atom stereocenters. The van der Waals surface area contributed by atoms with Crippen LogP contribution in [0.4, 0.5) is 0 Å². The van der Waals surface area contributed by atoms with Gasteiger partial charge < -0.3 is 15.0 Å². The zero-order chi connectivity index (χ0) is 11.7. The fourth-order valence-corrected chi connectivity index (χ4v) is 1.77. The number of hydrogen-bond acceptors (Lipinski definition) is 6. The van der Waals surface area contributed by atoms with E-state index in [1.165, 1.54) is 0 Å². The number of ether oxygens (including phenoxy) is 1. The first-order valence-electron chi connectivity index (χ1n) is 5.40. The molecule has 17 heavy (non-hydrogen) atoms. The highest BCUT2D eigenvalue weighted by molar-refractivity contribution is 5.47. The van der Waals surface area contributed by atoms with Crippen molar-refractivity contribution in [2.45, 2.75) is 12.0 Å². The molecule has 0 spiro atoms. The lowest BCUT2D eigenvalue weighted by Crippen LogP contribution is -2.37. The molecule has 1 fully saturated rings. The van der Waals surface area contributed by atoms with Crippen molar-refractivity contribution < 1.29 is 9.26 Å². The van der Waals surface area contributed by atoms with Crippen LogP contribution in [0.5, 0.6) is 0 Å². The molecule has 0 bridgehead atoms. The lowest BCUT2D eigenvalue weighted by molar-refractivity contribution is 0.166. The van der Waals surface area contributed by atoms with Gasteiger partial charge in [0.25, 0.3) is 0 Å². The van der Waals surface area contributed by atoms with Gasteiger partial charge in [0.2, 0.25) is 11.7 Å². The van der Waals surface area contributed by atoms with E-state index in [1.807, 2.05) is 18.2 Å². The molecule has 2 aromatic heterocycles. The molecule has 1 saturated heterocycles. The lowest BCUT2D eigenvalue weighted by Gasteiger charge is -2.14. The Kier molecular flexibility index (Phi) is 2.38. The Morgan fingerprint density at radius 2 is 2.29 bits per heavy atom. The molecule has 6 heteroatoms. The summed E-state index contributed by atoms with van der Waals surface area (Å²) in [5, 5.41) is 3.89. The summed E-state index contributed by atoms with van der Waals surface area (Å²) in [6.07, 6.45) is 2.37. The van der Waals surface area contributed by atoms with E-state index in [0.717, 1.165) is 0 Å². The average Bonchev–Trinajstić information content (AvgIpc) is 2.99. The third-order valence-electron chi connectivity index (χ3n) is 2.80. The predicted octanol–water partition coefficient (Wildman–Crippen LogP) is 0.706. The van der Waals surface area contributed by atoms with Crippen molar-refractivity contribution >= 4 is 0 Å². The number of nitrogens with zero attached hydrogens (tertiary/aromatic N) is 3. The van der Waals surface area contributed by atoms with Crippen LogP contribution < -0.4 is 5.73 Å². The smallest absolute Gasteiger partial charge is 0.249 e. The maximum atomic E-state index is 6.13. The molecule has 1 atom stereocenters. The van der Waals surface area contributed by atoms with Crippen LogP contribution in [-0.4, -0.2) is 28.3 Å². The van der Waals surface area contributed by atoms with Crippen molar-refractivity contribution in [1.29, 1.82) is 0 Å². The summed E-state index contributed by atoms with van der Waals surface area (Å²) in [5.74, 6) is 0.868. The van der Waals surface area contributed by atoms with Gasteiger partial charge in [-0.05, 0) is 18.6 Å². The molecule has 2 N–H and O–H groups in total. The quantitative estimate of drug-likeness (QED) is 0.820. The van der Waals surface area contributed by atoms with Crippen LogP contribution in [0.3, 0.4) is 0 Å². The van der Waals surface area contributed by atoms with Crippen LogP contribution in [0, 0.1) is 0 Å². The summed E-state index contributed by atoms with van der Waals surface area (Å²) >= 11 is 0. The zero-order valence-corrected chi connectivity index (χ0v) is 9.17. The second-order valence-corrected chi connectivity index (χ2v) is 4.10. The van der Waals surface area contributed by atoms with Crippen molar-refractivity contribution in [1.82, 2.24) is 15.1 Å². The van der Waals surface area contributed by atoms with Crippen molar-refractivity contribution in [3.63, 3.8) is 0 Å². The monoisotopic (exact) mass is 232 g/mol. The van der Waals surface area contributed by atoms with Gasteiger partial charge in [-0.3, -0.25) is 4.98 Å². The summed E-state index contributed by atoms with van der Waals surface area (Å²) in [5.41, 5.74) is 6.15. The summed E-state index contributed by atoms with van der Waals surface area (Å²) in [6, 6.07) is 5.53. The van der Waals surface area contributed by atoms with Crippen LogP contribution in [0.1, 0.15) is 12.3 Å². The maximum Gasteiger partial charge on any atom is 0.249 e. The number of aromatic nitrogens is 3. The second-order valence-electron chi connectivity index (χ2n) is 4.10. The van der Waals surface area contributed by atoms with Gasteiger partial charge in [0.05, 0.1) is 6.61 Å². The summed E-state index contributed by atoms with van der Waals surface area (Å²) < 4.78 is 10.5. The maximum absolute atomic E-state index is 6.13. The molecule has 2 aromatic rings. The number of nitrogens with two attached hydrogens (primary N) is 1. The number of hydrogen-bond donors (Lipinski definition) is 1. The Labute approximate surface area is 97.8 Å². The summed E-state index contributed by atoms with van der Waals surface area (Å²) in [4.78, 5) is 8.44. The van der Waals surface area contributed by atoms with Gasteiger partial charge in [0, 0.05) is 12.8 Å². The van der Waals surface area contributed by atoms with Crippen LogP contribution >= 0.6 is 0 Å². The average molecular weight is 232 g/mol. The van der Waals surface area contributed by atoms with Gasteiger partial charge in [0.15, 0.2) is 0 Å². The largest absolute Gasteiger partial charge is 0.379 e. The van der Waals surface area contributed by atoms with Crippen molar-refractivity contribution in [2.24, 2.45) is 5.73 Å². The highest BCUT2D eigenvalue weighted by Crippen LogP contribution is 2.27. The van der Waals surface area contributed by atoms with Crippen LogP contribution in [0.25, 0.3) is 11.5 Å². The van der Waals surface area contributed by atoms with E-state index in [4.69, 9.17) is 15.0 Å². The first-order chi connectivity index (χ1) is 8.28. The van der Waals surface area contributed by atoms with Crippen LogP contribution in [-0.2, 0) is 10.3 Å². The molecule has 3 heterocycles. The minimum atomic E-state index is -0.653. The summed E-state index contributed by atoms with van der Waals surface area (Å²) in [6.45, 7) is 1.04. The van der Waals surface area contributed by atoms with E-state index in [1.54, 1.807) is 6.20 Å². The molecule has 1 aliphatic rings. The van der Waals surface area contributed by atoms with Crippen molar-refractivity contribution in [2.75, 3.05) is 13.2 Å². The van der Waals surface area contributed by atoms with Gasteiger partial charge >= 0.3 is 0 Å². The van der Waals surface area contributed by atoms with Crippen LogP contribution in [0.15, 0.2) is 28.9 Å². The topological polar surface area (TPSA) is 87.1 Å². The molecular weight excluding hydrogens is 220 g/mol. The molecule has 1 aliphatic heterocycles. The van der Waals surface area contributed by atoms with Crippen LogP contribution in [0.2, 0.25) is 0 Å². The summed E-state index contributed by atoms with van der Waals surface area (Å²) in [7, 11) is 0. The molecule has 0 amide bonds. The van der Waals surface area contributed by atoms with Gasteiger partial charge in [0.1, 0.15) is 11.2 Å². The highest BCUT2D eigenvalue weighted by Gasteiger charge is 2.38. The normalized spacial score (nSPS) is 24.1. The second kappa shape index (κ2) is 3.90. The van der Waals surface area contributed by atoms with E-state index in [2.05, 4.69) is 15.1 Å². The molecule has 0 saturated carbocycles. The van der Waals surface area contributed by atoms with E-state index < -0.39 is 5.54 Å². The van der Waals surface area contributed by atoms with E-state index in [9.17, 15) is 0 Å². The molecular formula is C11H12N4O2. The number of pyridine rings is 1. The minimum Gasteiger partial charge on any atom is -0.379 e. The van der Waals surface area contributed by atoms with Gasteiger partial charge in [-0.15, -0.1) is 0 Å². The lowest BCUT2D eigenvalue weighted by atomic mass is 10.0. The van der Waals surface area contributed by atoms with Gasteiger partial charge in [-0.25, -0.2) is 0 Å². The molecule has 6 nitrogen and oxygen atoms in total. The first-order valence-corrected chi connectivity index (χ1v) is 5.40. The van der Waals surface area contributed by atoms with Gasteiger partial charge in [-0.2, -0.15) is 4.98 Å². The fourth-order valence-electron chi connectivity index (χ4n) is 1.77. The SMILES string of the molecule is NC1(c2nc(-c3ccccn3)no2)CCOC1. The third kappa shape index (κ3) is 1.81. The zero-order valence-electron chi connectivity index (χ0n) is 9.17. The number of rotatable bonds is 2. The Morgan fingerprint density at radius 1 is 1.35 bits per heavy atom. The predicted molar refractivity (Wildman–Crippen MR) is 58.8 cm³/mol. The fraction of sp³-hybridized carbons (Fsp3) is 0.364. The van der Waals surface area contributed by atoms with Gasteiger partial charge in [-0.1, -0.05) is 11.2 Å². The first kappa shape index (κ1) is 10.4. The molecule has 88 valence electrons. The van der Waals surface area contributed by atoms with E-state index in [-0.39, 0.29) is 0 Å². The Morgan fingerprint density at radius 3 is 3.00 bits per heavy atom. The molecule has 3 rings (SSSR count). The standard InChI is InChI=1S/C11H12N4O2/c12-11(4-6-16-7-11)10-14-9(15-17-10)8-3-1-2-5-13-8/h1-3,5H,4,6-7,12H2.